The molecule has 0 unspecified atom stereocenters. The molecule has 0 aliphatic heterocycles. The van der Waals surface area contributed by atoms with E-state index in [2.05, 4.69) is 19.0 Å². The maximum Gasteiger partial charge on any atom is 0.0503 e. The lowest BCUT2D eigenvalue weighted by molar-refractivity contribution is -0.0856. The number of nitrogens with zero attached hydrogens (tertiary/aromatic N) is 1. The Morgan fingerprint density at radius 1 is 1.00 bits per heavy atom. The van der Waals surface area contributed by atoms with Crippen LogP contribution in [0.2, 0.25) is 0 Å². The Hall–Kier alpha value is -0.530. The average molecular weight is 318 g/mol. The van der Waals surface area contributed by atoms with Crippen LogP contribution in [0.3, 0.4) is 0 Å². The summed E-state index contributed by atoms with van der Waals surface area (Å²) >= 11 is 0. The van der Waals surface area contributed by atoms with E-state index in [4.69, 9.17) is 0 Å². The topological polar surface area (TPSA) is 32.6 Å². The Morgan fingerprint density at radius 3 is 2.65 bits per heavy atom. The van der Waals surface area contributed by atoms with E-state index in [-0.39, 0.29) is 5.41 Å². The molecule has 2 heteroatoms. The zero-order chi connectivity index (χ0) is 16.1. The summed E-state index contributed by atoms with van der Waals surface area (Å²) in [5.74, 6) is 4.39. The third kappa shape index (κ3) is 2.15. The molecule has 2 nitrogen and oxygen atoms in total. The molecule has 0 radical (unpaired) electrons. The van der Waals surface area contributed by atoms with E-state index in [0.717, 1.165) is 29.6 Å². The van der Waals surface area contributed by atoms with Crippen molar-refractivity contribution in [3.8, 4) is 0 Å². The Kier molecular flexibility index (Phi) is 4.01. The molecule has 7 atom stereocenters. The third-order valence-corrected chi connectivity index (χ3v) is 9.14. The van der Waals surface area contributed by atoms with Gasteiger partial charge in [0.05, 0.1) is 6.21 Å². The fourth-order valence-corrected chi connectivity index (χ4v) is 8.10. The average Bonchev–Trinajstić information content (AvgIpc) is 2.91. The molecule has 0 heterocycles. The van der Waals surface area contributed by atoms with Gasteiger partial charge in [0.15, 0.2) is 0 Å². The number of hydrogen-bond donors (Lipinski definition) is 1. The molecule has 4 aliphatic rings. The van der Waals surface area contributed by atoms with Crippen LogP contribution in [0.25, 0.3) is 0 Å². The summed E-state index contributed by atoms with van der Waals surface area (Å²) in [6.45, 7) is 5.02. The van der Waals surface area contributed by atoms with Crippen LogP contribution in [0.15, 0.2) is 5.16 Å². The molecule has 0 aromatic carbocycles. The molecule has 0 aromatic heterocycles. The molecule has 4 fully saturated rings. The smallest absolute Gasteiger partial charge is 0.0503 e. The lowest BCUT2D eigenvalue weighted by atomic mass is 9.44. The van der Waals surface area contributed by atoms with Crippen molar-refractivity contribution in [3.63, 3.8) is 0 Å². The van der Waals surface area contributed by atoms with Gasteiger partial charge < -0.3 is 5.21 Å². The minimum absolute atomic E-state index is 0.238. The van der Waals surface area contributed by atoms with E-state index in [0.29, 0.717) is 5.41 Å². The molecule has 0 saturated heterocycles. The maximum absolute atomic E-state index is 9.43. The van der Waals surface area contributed by atoms with Crippen LogP contribution < -0.4 is 0 Å². The molecule has 4 saturated carbocycles. The van der Waals surface area contributed by atoms with E-state index in [1.54, 1.807) is 0 Å². The highest BCUT2D eigenvalue weighted by Crippen LogP contribution is 2.67. The second kappa shape index (κ2) is 5.77. The molecule has 130 valence electrons. The number of hydrogen-bond acceptors (Lipinski definition) is 2. The van der Waals surface area contributed by atoms with E-state index in [9.17, 15) is 5.21 Å². The zero-order valence-electron chi connectivity index (χ0n) is 15.1. The molecule has 4 aliphatic carbocycles. The minimum Gasteiger partial charge on any atom is -0.411 e. The highest BCUT2D eigenvalue weighted by molar-refractivity contribution is 5.67. The largest absolute Gasteiger partial charge is 0.411 e. The van der Waals surface area contributed by atoms with Gasteiger partial charge in [0.2, 0.25) is 0 Å². The van der Waals surface area contributed by atoms with Crippen molar-refractivity contribution in [3.05, 3.63) is 0 Å². The molecule has 0 aromatic rings. The number of oxime groups is 1. The monoisotopic (exact) mass is 317 g/mol. The Balaban J connectivity index is 1.67. The van der Waals surface area contributed by atoms with Crippen LogP contribution in [0.1, 0.15) is 84.5 Å². The number of rotatable bonds is 2. The van der Waals surface area contributed by atoms with Gasteiger partial charge in [-0.1, -0.05) is 33.1 Å². The second-order valence-corrected chi connectivity index (χ2v) is 9.48. The second-order valence-electron chi connectivity index (χ2n) is 9.48. The summed E-state index contributed by atoms with van der Waals surface area (Å²) in [6, 6.07) is 0. The van der Waals surface area contributed by atoms with E-state index in [1.165, 1.54) is 70.6 Å². The lowest BCUT2D eigenvalue weighted by Gasteiger charge is -2.60. The summed E-state index contributed by atoms with van der Waals surface area (Å²) in [5, 5.41) is 13.1. The van der Waals surface area contributed by atoms with Crippen LogP contribution >= 0.6 is 0 Å². The molecule has 23 heavy (non-hydrogen) atoms. The Morgan fingerprint density at radius 2 is 1.87 bits per heavy atom. The van der Waals surface area contributed by atoms with Gasteiger partial charge in [-0.2, -0.15) is 0 Å². The highest BCUT2D eigenvalue weighted by Gasteiger charge is 2.60. The standard InChI is InChI=1S/C21H35NO/c1-3-15-8-10-18-17-9-7-16-6-4-5-12-21(16,14-22-23)19(17)11-13-20(15,18)2/h14-19,23H,3-13H2,1-2H3/t15-,16+,17-,18-,19-,20+,21+/m0/s1. The van der Waals surface area contributed by atoms with Crippen LogP contribution in [0.5, 0.6) is 0 Å². The van der Waals surface area contributed by atoms with Crippen molar-refractivity contribution >= 4 is 6.21 Å². The first-order valence-electron chi connectivity index (χ1n) is 10.3. The van der Waals surface area contributed by atoms with E-state index >= 15 is 0 Å². The predicted octanol–water partition coefficient (Wildman–Crippen LogP) is 5.89. The van der Waals surface area contributed by atoms with Crippen LogP contribution in [0.4, 0.5) is 0 Å². The van der Waals surface area contributed by atoms with Crippen molar-refractivity contribution < 1.29 is 5.21 Å². The normalized spacial score (nSPS) is 52.9. The van der Waals surface area contributed by atoms with Gasteiger partial charge in [-0.3, -0.25) is 0 Å². The fourth-order valence-electron chi connectivity index (χ4n) is 8.10. The molecular weight excluding hydrogens is 282 g/mol. The Labute approximate surface area is 142 Å². The SMILES string of the molecule is CC[C@H]1CC[C@H]2[C@@H]3CC[C@H]4CCCC[C@]4(C=NO)[C@H]3CC[C@]12C. The van der Waals surface area contributed by atoms with Gasteiger partial charge in [-0.25, -0.2) is 0 Å². The quantitative estimate of drug-likeness (QED) is 0.385. The van der Waals surface area contributed by atoms with Crippen LogP contribution in [-0.4, -0.2) is 11.4 Å². The first kappa shape index (κ1) is 16.0. The van der Waals surface area contributed by atoms with Crippen molar-refractivity contribution in [2.24, 2.45) is 45.6 Å². The van der Waals surface area contributed by atoms with E-state index in [1.807, 2.05) is 6.21 Å². The Bertz CT molecular complexity index is 474. The van der Waals surface area contributed by atoms with Gasteiger partial charge in [0, 0.05) is 5.41 Å². The van der Waals surface area contributed by atoms with Gasteiger partial charge in [-0.05, 0) is 86.4 Å². The van der Waals surface area contributed by atoms with Gasteiger partial charge >= 0.3 is 0 Å². The lowest BCUT2D eigenvalue weighted by Crippen LogP contribution is -2.54. The molecule has 1 N–H and O–H groups in total. The first-order chi connectivity index (χ1) is 11.2. The van der Waals surface area contributed by atoms with Crippen LogP contribution in [0, 0.1) is 40.4 Å². The van der Waals surface area contributed by atoms with Crippen molar-refractivity contribution in [1.29, 1.82) is 0 Å². The van der Waals surface area contributed by atoms with Crippen molar-refractivity contribution in [2.75, 3.05) is 0 Å². The molecule has 0 amide bonds. The van der Waals surface area contributed by atoms with Gasteiger partial charge in [0.25, 0.3) is 0 Å². The van der Waals surface area contributed by atoms with E-state index < -0.39 is 0 Å². The molecule has 0 bridgehead atoms. The summed E-state index contributed by atoms with van der Waals surface area (Å²) in [5.41, 5.74) is 0.844. The van der Waals surface area contributed by atoms with Crippen molar-refractivity contribution in [1.82, 2.24) is 0 Å². The van der Waals surface area contributed by atoms with Crippen molar-refractivity contribution in [2.45, 2.75) is 84.5 Å². The van der Waals surface area contributed by atoms with Crippen LogP contribution in [-0.2, 0) is 0 Å². The van der Waals surface area contributed by atoms with Gasteiger partial charge in [0.1, 0.15) is 0 Å². The summed E-state index contributed by atoms with van der Waals surface area (Å²) in [4.78, 5) is 0. The molecule has 0 spiro atoms. The maximum atomic E-state index is 9.43. The third-order valence-electron chi connectivity index (χ3n) is 9.14. The highest BCUT2D eigenvalue weighted by atomic mass is 16.4. The summed E-state index contributed by atoms with van der Waals surface area (Å²) in [6.07, 6.45) is 17.3. The fraction of sp³-hybridized carbons (Fsp3) is 0.952. The van der Waals surface area contributed by atoms with Gasteiger partial charge in [-0.15, -0.1) is 5.16 Å². The molecular formula is C21H35NO. The number of fused-ring (bicyclic) bond motifs is 5. The molecule has 4 rings (SSSR count). The summed E-state index contributed by atoms with van der Waals surface area (Å²) < 4.78 is 0. The first-order valence-corrected chi connectivity index (χ1v) is 10.3. The predicted molar refractivity (Wildman–Crippen MR) is 94.7 cm³/mol. The summed E-state index contributed by atoms with van der Waals surface area (Å²) in [7, 11) is 0. The zero-order valence-corrected chi connectivity index (χ0v) is 15.1. The minimum atomic E-state index is 0.238.